The number of para-hydroxylation sites is 1. The van der Waals surface area contributed by atoms with Crippen LogP contribution in [0.4, 0.5) is 4.79 Å². The summed E-state index contributed by atoms with van der Waals surface area (Å²) in [6.45, 7) is 0. The Morgan fingerprint density at radius 3 is 2.33 bits per heavy atom. The van der Waals surface area contributed by atoms with Crippen LogP contribution in [0.3, 0.4) is 0 Å². The van der Waals surface area contributed by atoms with E-state index in [1.54, 1.807) is 30.3 Å². The molecule has 0 atom stereocenters. The zero-order valence-electron chi connectivity index (χ0n) is 9.89. The fourth-order valence-electron chi connectivity index (χ4n) is 2.19. The predicted molar refractivity (Wildman–Crippen MR) is 64.4 cm³/mol. The number of nitrogens with one attached hydrogen (secondary N) is 1. The second-order valence-electron chi connectivity index (χ2n) is 4.42. The van der Waals surface area contributed by atoms with Crippen molar-refractivity contribution in [2.24, 2.45) is 0 Å². The lowest BCUT2D eigenvalue weighted by Gasteiger charge is -2.24. The van der Waals surface area contributed by atoms with Crippen molar-refractivity contribution >= 4 is 12.1 Å². The van der Waals surface area contributed by atoms with Crippen molar-refractivity contribution in [2.75, 3.05) is 0 Å². The zero-order valence-corrected chi connectivity index (χ0v) is 9.89. The van der Waals surface area contributed by atoms with Crippen LogP contribution in [-0.4, -0.2) is 22.7 Å². The summed E-state index contributed by atoms with van der Waals surface area (Å²) in [5.41, 5.74) is -1.16. The number of amides is 1. The summed E-state index contributed by atoms with van der Waals surface area (Å²) in [6.07, 6.45) is 1.79. The van der Waals surface area contributed by atoms with Crippen LogP contribution in [0.5, 0.6) is 5.75 Å². The molecule has 96 valence electrons. The molecule has 5 nitrogen and oxygen atoms in total. The monoisotopic (exact) mass is 249 g/mol. The number of carbonyl (C=O) groups excluding carboxylic acids is 1. The molecule has 1 aromatic rings. The molecular weight excluding hydrogens is 234 g/mol. The van der Waals surface area contributed by atoms with Crippen molar-refractivity contribution in [3.05, 3.63) is 30.3 Å². The third-order valence-corrected chi connectivity index (χ3v) is 3.16. The Bertz CT molecular complexity index is 438. The third kappa shape index (κ3) is 2.61. The second-order valence-corrected chi connectivity index (χ2v) is 4.42. The van der Waals surface area contributed by atoms with Gasteiger partial charge in [-0.15, -0.1) is 0 Å². The molecule has 0 aromatic heterocycles. The lowest BCUT2D eigenvalue weighted by molar-refractivity contribution is -0.144. The molecule has 0 aliphatic heterocycles. The van der Waals surface area contributed by atoms with E-state index in [1.807, 2.05) is 0 Å². The predicted octanol–water partition coefficient (Wildman–Crippen LogP) is 2.17. The highest BCUT2D eigenvalue weighted by molar-refractivity contribution is 5.85. The Morgan fingerprint density at radius 1 is 1.17 bits per heavy atom. The number of hydrogen-bond donors (Lipinski definition) is 2. The van der Waals surface area contributed by atoms with Crippen LogP contribution in [-0.2, 0) is 4.79 Å². The van der Waals surface area contributed by atoms with Gasteiger partial charge in [0.15, 0.2) is 0 Å². The Hall–Kier alpha value is -2.04. The smallest absolute Gasteiger partial charge is 0.413 e. The summed E-state index contributed by atoms with van der Waals surface area (Å²) in [6, 6.07) is 8.57. The maximum atomic E-state index is 11.7. The van der Waals surface area contributed by atoms with Crippen LogP contribution in [0.25, 0.3) is 0 Å². The van der Waals surface area contributed by atoms with Crippen molar-refractivity contribution in [3.8, 4) is 5.75 Å². The van der Waals surface area contributed by atoms with Gasteiger partial charge in [0, 0.05) is 0 Å². The van der Waals surface area contributed by atoms with Crippen molar-refractivity contribution in [2.45, 2.75) is 31.2 Å². The van der Waals surface area contributed by atoms with E-state index in [0.29, 0.717) is 18.6 Å². The molecule has 0 spiro atoms. The summed E-state index contributed by atoms with van der Waals surface area (Å²) >= 11 is 0. The fraction of sp³-hybridized carbons (Fsp3) is 0.385. The van der Waals surface area contributed by atoms with Gasteiger partial charge in [0.2, 0.25) is 0 Å². The maximum Gasteiger partial charge on any atom is 0.413 e. The largest absolute Gasteiger partial charge is 0.480 e. The third-order valence-electron chi connectivity index (χ3n) is 3.16. The molecule has 0 radical (unpaired) electrons. The standard InChI is InChI=1S/C13H15NO4/c15-11(16)13(8-4-5-9-13)14-12(17)18-10-6-2-1-3-7-10/h1-3,6-7H,4-5,8-9H2,(H,14,17)(H,15,16). The summed E-state index contributed by atoms with van der Waals surface area (Å²) in [7, 11) is 0. The summed E-state index contributed by atoms with van der Waals surface area (Å²) < 4.78 is 5.04. The summed E-state index contributed by atoms with van der Waals surface area (Å²) in [4.78, 5) is 22.9. The average Bonchev–Trinajstić information content (AvgIpc) is 2.80. The summed E-state index contributed by atoms with van der Waals surface area (Å²) in [5.74, 6) is -0.599. The summed E-state index contributed by atoms with van der Waals surface area (Å²) in [5, 5.41) is 11.7. The van der Waals surface area contributed by atoms with Crippen LogP contribution < -0.4 is 10.1 Å². The number of carboxylic acid groups (broad SMARTS) is 1. The van der Waals surface area contributed by atoms with E-state index in [9.17, 15) is 14.7 Å². The topological polar surface area (TPSA) is 75.6 Å². The SMILES string of the molecule is O=C(NC1(C(=O)O)CCCC1)Oc1ccccc1. The molecule has 2 rings (SSSR count). The van der Waals surface area contributed by atoms with E-state index in [4.69, 9.17) is 4.74 Å². The quantitative estimate of drug-likeness (QED) is 0.860. The van der Waals surface area contributed by atoms with Crippen LogP contribution in [0.1, 0.15) is 25.7 Å². The first-order valence-corrected chi connectivity index (χ1v) is 5.91. The lowest BCUT2D eigenvalue weighted by atomic mass is 9.98. The molecule has 1 aliphatic rings. The van der Waals surface area contributed by atoms with E-state index in [2.05, 4.69) is 5.32 Å². The van der Waals surface area contributed by atoms with Crippen LogP contribution >= 0.6 is 0 Å². The normalized spacial score (nSPS) is 17.1. The number of aliphatic carboxylic acids is 1. The van der Waals surface area contributed by atoms with Gasteiger partial charge < -0.3 is 15.2 Å². The second kappa shape index (κ2) is 5.08. The van der Waals surface area contributed by atoms with Gasteiger partial charge in [-0.1, -0.05) is 31.0 Å². The number of rotatable bonds is 3. The first-order valence-electron chi connectivity index (χ1n) is 5.91. The highest BCUT2D eigenvalue weighted by Gasteiger charge is 2.43. The minimum absolute atomic E-state index is 0.397. The van der Waals surface area contributed by atoms with E-state index in [0.717, 1.165) is 12.8 Å². The highest BCUT2D eigenvalue weighted by atomic mass is 16.6. The molecule has 1 saturated carbocycles. The molecule has 18 heavy (non-hydrogen) atoms. The first kappa shape index (κ1) is 12.4. The van der Waals surface area contributed by atoms with Gasteiger partial charge in [-0.25, -0.2) is 9.59 Å². The fourth-order valence-corrected chi connectivity index (χ4v) is 2.19. The van der Waals surface area contributed by atoms with Crippen molar-refractivity contribution in [1.29, 1.82) is 0 Å². The molecule has 2 N–H and O–H groups in total. The molecule has 0 heterocycles. The Morgan fingerprint density at radius 2 is 1.78 bits per heavy atom. The van der Waals surface area contributed by atoms with Gasteiger partial charge in [-0.2, -0.15) is 0 Å². The van der Waals surface area contributed by atoms with Crippen LogP contribution in [0, 0.1) is 0 Å². The van der Waals surface area contributed by atoms with Crippen molar-refractivity contribution in [1.82, 2.24) is 5.32 Å². The van der Waals surface area contributed by atoms with Gasteiger partial charge in [0.05, 0.1) is 0 Å². The molecule has 1 aliphatic carbocycles. The van der Waals surface area contributed by atoms with Gasteiger partial charge in [0.25, 0.3) is 0 Å². The van der Waals surface area contributed by atoms with Crippen LogP contribution in [0.15, 0.2) is 30.3 Å². The van der Waals surface area contributed by atoms with E-state index in [-0.39, 0.29) is 0 Å². The highest BCUT2D eigenvalue weighted by Crippen LogP contribution is 2.30. The van der Waals surface area contributed by atoms with E-state index >= 15 is 0 Å². The molecule has 1 aromatic carbocycles. The van der Waals surface area contributed by atoms with E-state index in [1.165, 1.54) is 0 Å². The van der Waals surface area contributed by atoms with Crippen molar-refractivity contribution < 1.29 is 19.4 Å². The number of ether oxygens (including phenoxy) is 1. The number of benzene rings is 1. The maximum absolute atomic E-state index is 11.7. The minimum atomic E-state index is -1.16. The molecule has 1 amide bonds. The minimum Gasteiger partial charge on any atom is -0.480 e. The van der Waals surface area contributed by atoms with Gasteiger partial charge in [-0.3, -0.25) is 0 Å². The Kier molecular flexibility index (Phi) is 3.50. The average molecular weight is 249 g/mol. The first-order chi connectivity index (χ1) is 8.62. The van der Waals surface area contributed by atoms with E-state index < -0.39 is 17.6 Å². The Labute approximate surface area is 105 Å². The van der Waals surface area contributed by atoms with Gasteiger partial charge >= 0.3 is 12.1 Å². The number of carbonyl (C=O) groups is 2. The molecule has 1 fully saturated rings. The lowest BCUT2D eigenvalue weighted by Crippen LogP contribution is -2.53. The number of hydrogen-bond acceptors (Lipinski definition) is 3. The van der Waals surface area contributed by atoms with Crippen molar-refractivity contribution in [3.63, 3.8) is 0 Å². The Balaban J connectivity index is 2.00. The molecule has 0 saturated heterocycles. The zero-order chi connectivity index (χ0) is 13.0. The van der Waals surface area contributed by atoms with Crippen LogP contribution in [0.2, 0.25) is 0 Å². The molecule has 0 unspecified atom stereocenters. The van der Waals surface area contributed by atoms with Gasteiger partial charge in [-0.05, 0) is 25.0 Å². The van der Waals surface area contributed by atoms with Gasteiger partial charge in [0.1, 0.15) is 11.3 Å². The number of carboxylic acids is 1. The molecule has 5 heteroatoms. The molecular formula is C13H15NO4. The molecule has 0 bridgehead atoms.